The van der Waals surface area contributed by atoms with Crippen LogP contribution in [-0.4, -0.2) is 33.4 Å². The van der Waals surface area contributed by atoms with Crippen molar-refractivity contribution in [1.29, 1.82) is 0 Å². The number of alkyl carbamates (subject to hydrolysis) is 1. The molecule has 0 aliphatic carbocycles. The van der Waals surface area contributed by atoms with Crippen molar-refractivity contribution in [3.05, 3.63) is 40.7 Å². The van der Waals surface area contributed by atoms with Crippen LogP contribution in [0.5, 0.6) is 0 Å². The Balaban J connectivity index is 1.99. The summed E-state index contributed by atoms with van der Waals surface area (Å²) >= 11 is 6.97. The van der Waals surface area contributed by atoms with Gasteiger partial charge < -0.3 is 14.5 Å². The van der Waals surface area contributed by atoms with Crippen molar-refractivity contribution in [2.75, 3.05) is 5.75 Å². The first-order valence-corrected chi connectivity index (χ1v) is 10.2. The van der Waals surface area contributed by atoms with Crippen molar-refractivity contribution in [3.8, 4) is 0 Å². The third-order valence-corrected chi connectivity index (χ3v) is 4.59. The second-order valence-corrected chi connectivity index (χ2v) is 8.86. The molecule has 0 bridgehead atoms. The number of Topliss-reactive ketones (excluding diaryl/α,β-unsaturated/α-hetero) is 1. The van der Waals surface area contributed by atoms with Crippen LogP contribution in [0.2, 0.25) is 5.02 Å². The molecule has 1 aromatic heterocycles. The number of aromatic nitrogens is 2. The predicted octanol–water partition coefficient (Wildman–Crippen LogP) is 4.92. The van der Waals surface area contributed by atoms with E-state index in [9.17, 15) is 9.59 Å². The Bertz CT molecular complexity index is 815. The van der Waals surface area contributed by atoms with Crippen LogP contribution in [0.4, 0.5) is 4.79 Å². The number of carbonyl (C=O) groups excluding carboxylic acids is 2. The molecule has 0 saturated heterocycles. The average Bonchev–Trinajstić information content (AvgIpc) is 3.05. The molecule has 1 aromatic carbocycles. The number of halogens is 1. The van der Waals surface area contributed by atoms with Crippen molar-refractivity contribution in [1.82, 2.24) is 15.5 Å². The van der Waals surface area contributed by atoms with Gasteiger partial charge in [-0.3, -0.25) is 4.79 Å². The fraction of sp³-hybridized carbons (Fsp3) is 0.474. The SMILES string of the molecule is CC(C)C(NC(=O)OC(C)(C)C)c1nnc(SCC(=O)c2ccc(Cl)cc2)o1. The van der Waals surface area contributed by atoms with E-state index in [1.54, 1.807) is 45.0 Å². The first-order chi connectivity index (χ1) is 13.0. The molecule has 0 aliphatic rings. The maximum Gasteiger partial charge on any atom is 0.408 e. The smallest absolute Gasteiger partial charge is 0.408 e. The molecule has 28 heavy (non-hydrogen) atoms. The van der Waals surface area contributed by atoms with Gasteiger partial charge in [-0.2, -0.15) is 0 Å². The molecule has 1 unspecified atom stereocenters. The Hall–Kier alpha value is -2.06. The van der Waals surface area contributed by atoms with Crippen molar-refractivity contribution >= 4 is 35.2 Å². The van der Waals surface area contributed by atoms with Crippen LogP contribution in [0.3, 0.4) is 0 Å². The molecular weight excluding hydrogens is 402 g/mol. The summed E-state index contributed by atoms with van der Waals surface area (Å²) in [5.41, 5.74) is -0.0490. The van der Waals surface area contributed by atoms with E-state index in [2.05, 4.69) is 15.5 Å². The number of benzene rings is 1. The Morgan fingerprint density at radius 1 is 1.21 bits per heavy atom. The van der Waals surface area contributed by atoms with Gasteiger partial charge >= 0.3 is 6.09 Å². The Morgan fingerprint density at radius 2 is 1.86 bits per heavy atom. The Labute approximate surface area is 173 Å². The van der Waals surface area contributed by atoms with Gasteiger partial charge in [-0.15, -0.1) is 10.2 Å². The lowest BCUT2D eigenvalue weighted by Gasteiger charge is -2.23. The van der Waals surface area contributed by atoms with Gasteiger partial charge in [-0.1, -0.05) is 37.2 Å². The number of nitrogens with one attached hydrogen (secondary N) is 1. The third-order valence-electron chi connectivity index (χ3n) is 3.52. The predicted molar refractivity (Wildman–Crippen MR) is 108 cm³/mol. The van der Waals surface area contributed by atoms with Crippen LogP contribution in [-0.2, 0) is 4.74 Å². The van der Waals surface area contributed by atoms with Crippen LogP contribution in [0, 0.1) is 5.92 Å². The lowest BCUT2D eigenvalue weighted by atomic mass is 10.1. The second kappa shape index (κ2) is 9.43. The van der Waals surface area contributed by atoms with Crippen LogP contribution in [0.1, 0.15) is 56.9 Å². The number of rotatable bonds is 7. The maximum atomic E-state index is 12.2. The van der Waals surface area contributed by atoms with Crippen LogP contribution in [0.15, 0.2) is 33.9 Å². The third kappa shape index (κ3) is 6.83. The number of hydrogen-bond donors (Lipinski definition) is 1. The molecule has 0 saturated carbocycles. The molecule has 2 aromatic rings. The lowest BCUT2D eigenvalue weighted by molar-refractivity contribution is 0.0477. The van der Waals surface area contributed by atoms with E-state index >= 15 is 0 Å². The molecule has 1 N–H and O–H groups in total. The monoisotopic (exact) mass is 425 g/mol. The summed E-state index contributed by atoms with van der Waals surface area (Å²) in [7, 11) is 0. The summed E-state index contributed by atoms with van der Waals surface area (Å²) in [6.45, 7) is 9.20. The highest BCUT2D eigenvalue weighted by Crippen LogP contribution is 2.25. The quantitative estimate of drug-likeness (QED) is 0.496. The van der Waals surface area contributed by atoms with Crippen LogP contribution in [0.25, 0.3) is 0 Å². The largest absolute Gasteiger partial charge is 0.444 e. The number of ketones is 1. The normalized spacial score (nSPS) is 12.7. The van der Waals surface area contributed by atoms with Crippen molar-refractivity contribution in [3.63, 3.8) is 0 Å². The van der Waals surface area contributed by atoms with Gasteiger partial charge in [0.1, 0.15) is 11.6 Å². The first kappa shape index (κ1) is 22.2. The van der Waals surface area contributed by atoms with E-state index in [-0.39, 0.29) is 28.6 Å². The number of carbonyl (C=O) groups is 2. The Kier molecular flexibility index (Phi) is 7.48. The standard InChI is InChI=1S/C19H24ClN3O4S/c1-11(2)15(21-17(25)27-19(3,4)5)16-22-23-18(26-16)28-10-14(24)12-6-8-13(20)9-7-12/h6-9,11,15H,10H2,1-5H3,(H,21,25). The summed E-state index contributed by atoms with van der Waals surface area (Å²) in [4.78, 5) is 24.3. The number of hydrogen-bond acceptors (Lipinski definition) is 7. The minimum atomic E-state index is -0.608. The lowest BCUT2D eigenvalue weighted by Crippen LogP contribution is -2.37. The van der Waals surface area contributed by atoms with E-state index < -0.39 is 17.7 Å². The van der Waals surface area contributed by atoms with Crippen molar-refractivity contribution < 1.29 is 18.7 Å². The molecule has 7 nitrogen and oxygen atoms in total. The number of thioether (sulfide) groups is 1. The number of nitrogens with zero attached hydrogens (tertiary/aromatic N) is 2. The molecule has 0 aliphatic heterocycles. The molecule has 1 heterocycles. The summed E-state index contributed by atoms with van der Waals surface area (Å²) < 4.78 is 10.9. The average molecular weight is 426 g/mol. The van der Waals surface area contributed by atoms with E-state index in [0.29, 0.717) is 10.6 Å². The zero-order chi connectivity index (χ0) is 20.9. The van der Waals surface area contributed by atoms with Gasteiger partial charge in [0.05, 0.1) is 5.75 Å². The Morgan fingerprint density at radius 3 is 2.43 bits per heavy atom. The summed E-state index contributed by atoms with van der Waals surface area (Å²) in [6.07, 6.45) is -0.559. The van der Waals surface area contributed by atoms with Crippen molar-refractivity contribution in [2.24, 2.45) is 5.92 Å². The zero-order valence-electron chi connectivity index (χ0n) is 16.5. The van der Waals surface area contributed by atoms with Crippen molar-refractivity contribution in [2.45, 2.75) is 51.5 Å². The van der Waals surface area contributed by atoms with Gasteiger partial charge in [0.25, 0.3) is 5.22 Å². The maximum absolute atomic E-state index is 12.2. The van der Waals surface area contributed by atoms with Crippen LogP contribution < -0.4 is 5.32 Å². The van der Waals surface area contributed by atoms with Gasteiger partial charge in [-0.05, 0) is 51.0 Å². The van der Waals surface area contributed by atoms with Gasteiger partial charge in [0.2, 0.25) is 5.89 Å². The molecule has 9 heteroatoms. The minimum Gasteiger partial charge on any atom is -0.444 e. The van der Waals surface area contributed by atoms with E-state index in [4.69, 9.17) is 20.8 Å². The van der Waals surface area contributed by atoms with Crippen LogP contribution >= 0.6 is 23.4 Å². The summed E-state index contributed by atoms with van der Waals surface area (Å²) in [5.74, 6) is 0.340. The molecular formula is C19H24ClN3O4S. The second-order valence-electron chi connectivity index (χ2n) is 7.49. The molecule has 1 amide bonds. The number of ether oxygens (including phenoxy) is 1. The van der Waals surface area contributed by atoms with Gasteiger partial charge in [-0.25, -0.2) is 4.79 Å². The molecule has 2 rings (SSSR count). The topological polar surface area (TPSA) is 94.3 Å². The van der Waals surface area contributed by atoms with Gasteiger partial charge in [0, 0.05) is 10.6 Å². The fourth-order valence-corrected chi connectivity index (χ4v) is 2.99. The number of amides is 1. The fourth-order valence-electron chi connectivity index (χ4n) is 2.20. The molecule has 0 radical (unpaired) electrons. The van der Waals surface area contributed by atoms with E-state index in [1.165, 1.54) is 0 Å². The summed E-state index contributed by atoms with van der Waals surface area (Å²) in [5, 5.41) is 11.6. The molecule has 0 spiro atoms. The molecule has 152 valence electrons. The highest BCUT2D eigenvalue weighted by Gasteiger charge is 2.27. The highest BCUT2D eigenvalue weighted by atomic mass is 35.5. The van der Waals surface area contributed by atoms with E-state index in [1.807, 2.05) is 13.8 Å². The van der Waals surface area contributed by atoms with Gasteiger partial charge in [0.15, 0.2) is 5.78 Å². The molecule has 0 fully saturated rings. The zero-order valence-corrected chi connectivity index (χ0v) is 18.1. The minimum absolute atomic E-state index is 0.00141. The molecule has 1 atom stereocenters. The summed E-state index contributed by atoms with van der Waals surface area (Å²) in [6, 6.07) is 6.18. The first-order valence-electron chi connectivity index (χ1n) is 8.79. The highest BCUT2D eigenvalue weighted by molar-refractivity contribution is 7.99. The van der Waals surface area contributed by atoms with E-state index in [0.717, 1.165) is 11.8 Å².